The first-order valence-corrected chi connectivity index (χ1v) is 23.3. The van der Waals surface area contributed by atoms with Gasteiger partial charge >= 0.3 is 0 Å². The number of nitrogens with zero attached hydrogens (tertiary/aromatic N) is 3. The first-order chi connectivity index (χ1) is 33.8. The van der Waals surface area contributed by atoms with Crippen molar-refractivity contribution in [1.29, 1.82) is 0 Å². The summed E-state index contributed by atoms with van der Waals surface area (Å²) in [4.78, 5) is 16.1. The molecule has 3 nitrogen and oxygen atoms in total. The van der Waals surface area contributed by atoms with Crippen molar-refractivity contribution < 1.29 is 0 Å². The lowest BCUT2D eigenvalue weighted by molar-refractivity contribution is 1.33. The molecule has 0 saturated carbocycles. The van der Waals surface area contributed by atoms with E-state index in [0.29, 0.717) is 0 Å². The summed E-state index contributed by atoms with van der Waals surface area (Å²) in [6.07, 6.45) is 1.87. The monoisotopic (exact) mass is 861 g/mol. The third kappa shape index (κ3) is 5.82. The van der Waals surface area contributed by atoms with E-state index in [1.165, 1.54) is 66.1 Å². The van der Waals surface area contributed by atoms with E-state index in [1.807, 2.05) is 12.3 Å². The molecule has 0 fully saturated rings. The first-order valence-electron chi connectivity index (χ1n) is 23.3. The molecule has 0 bridgehead atoms. The van der Waals surface area contributed by atoms with E-state index in [9.17, 15) is 0 Å². The maximum atomic E-state index is 5.62. The van der Waals surface area contributed by atoms with Crippen LogP contribution in [-0.4, -0.2) is 15.0 Å². The second-order valence-corrected chi connectivity index (χ2v) is 17.7. The van der Waals surface area contributed by atoms with Gasteiger partial charge < -0.3 is 0 Å². The highest BCUT2D eigenvalue weighted by Crippen LogP contribution is 2.59. The Kier molecular flexibility index (Phi) is 8.59. The van der Waals surface area contributed by atoms with Gasteiger partial charge in [0.05, 0.1) is 28.1 Å². The minimum Gasteiger partial charge on any atom is -0.256 e. The van der Waals surface area contributed by atoms with E-state index in [0.717, 1.165) is 77.5 Å². The zero-order chi connectivity index (χ0) is 44.7. The lowest BCUT2D eigenvalue weighted by Crippen LogP contribution is -1.95. The van der Waals surface area contributed by atoms with Crippen molar-refractivity contribution in [2.75, 3.05) is 0 Å². The average Bonchev–Trinajstić information content (AvgIpc) is 3.75. The SMILES string of the molecule is c1ccc(-c2ccc3c(-c4ccccn4)cc4c(cc(-c5ccc6c7c(cccc57)-c5c-6c(-c6ccccc6)c6ccccc6c5-c5ccccc5)c5ccc(-c6ccccc6)nc54)c3n2)cc1. The minimum atomic E-state index is 0.898. The van der Waals surface area contributed by atoms with Gasteiger partial charge in [0.15, 0.2) is 0 Å². The number of fused-ring (bicyclic) bond motifs is 9. The molecule has 314 valence electrons. The van der Waals surface area contributed by atoms with Crippen LogP contribution < -0.4 is 0 Å². The zero-order valence-corrected chi connectivity index (χ0v) is 36.9. The minimum absolute atomic E-state index is 0.898. The maximum Gasteiger partial charge on any atom is 0.0795 e. The molecule has 0 radical (unpaired) electrons. The summed E-state index contributed by atoms with van der Waals surface area (Å²) < 4.78 is 0. The Morgan fingerprint density at radius 3 is 1.24 bits per heavy atom. The van der Waals surface area contributed by atoms with E-state index in [-0.39, 0.29) is 0 Å². The van der Waals surface area contributed by atoms with Crippen molar-refractivity contribution in [2.24, 2.45) is 0 Å². The number of benzene rings is 10. The lowest BCUT2D eigenvalue weighted by Gasteiger charge is -2.20. The third-order valence-electron chi connectivity index (χ3n) is 14.0. The van der Waals surface area contributed by atoms with Crippen LogP contribution in [0.25, 0.3) is 144 Å². The predicted octanol–water partition coefficient (Wildman–Crippen LogP) is 17.3. The second kappa shape index (κ2) is 15.3. The molecule has 0 amide bonds. The largest absolute Gasteiger partial charge is 0.256 e. The van der Waals surface area contributed by atoms with Crippen LogP contribution in [0.3, 0.4) is 0 Å². The van der Waals surface area contributed by atoms with Crippen LogP contribution in [0, 0.1) is 0 Å². The number of aromatic nitrogens is 3. The summed E-state index contributed by atoms with van der Waals surface area (Å²) in [6, 6.07) is 83.1. The Hall–Kier alpha value is -9.05. The van der Waals surface area contributed by atoms with Crippen LogP contribution in [-0.2, 0) is 0 Å². The van der Waals surface area contributed by atoms with Gasteiger partial charge in [0, 0.05) is 44.4 Å². The van der Waals surface area contributed by atoms with Gasteiger partial charge in [-0.1, -0.05) is 182 Å². The number of hydrogen-bond acceptors (Lipinski definition) is 3. The maximum absolute atomic E-state index is 5.62. The number of pyridine rings is 3. The molecular weight excluding hydrogens is 823 g/mol. The fraction of sp³-hybridized carbons (Fsp3) is 0. The third-order valence-corrected chi connectivity index (χ3v) is 14.0. The van der Waals surface area contributed by atoms with E-state index in [4.69, 9.17) is 15.0 Å². The standard InChI is InChI=1S/C65H39N3/c1-5-18-40(19-6-1)56-35-33-48-52(38-54-55(64(48)67-56)39-53(58-30-15-16-37-66-58)49-34-36-57(68-65(49)54)41-20-7-2-8-21-41)44-31-32-51-61-45(44)28-17-29-50(61)62-59(42-22-9-3-10-23-42)46-26-13-14-27-47(46)60(63(51)62)43-24-11-4-12-25-43/h1-39H. The topological polar surface area (TPSA) is 38.7 Å². The fourth-order valence-corrected chi connectivity index (χ4v) is 11.1. The van der Waals surface area contributed by atoms with Crippen molar-refractivity contribution in [3.63, 3.8) is 0 Å². The van der Waals surface area contributed by atoms with E-state index < -0.39 is 0 Å². The molecule has 3 aromatic heterocycles. The molecule has 1 aliphatic carbocycles. The van der Waals surface area contributed by atoms with Crippen LogP contribution in [0.2, 0.25) is 0 Å². The summed E-state index contributed by atoms with van der Waals surface area (Å²) in [5.74, 6) is 0. The Morgan fingerprint density at radius 1 is 0.235 bits per heavy atom. The quantitative estimate of drug-likeness (QED) is 0.156. The molecule has 0 atom stereocenters. The Bertz CT molecular complexity index is 4060. The zero-order valence-electron chi connectivity index (χ0n) is 36.9. The molecule has 14 rings (SSSR count). The molecule has 68 heavy (non-hydrogen) atoms. The van der Waals surface area contributed by atoms with Gasteiger partial charge in [-0.05, 0) is 126 Å². The summed E-state index contributed by atoms with van der Waals surface area (Å²) in [5.41, 5.74) is 20.1. The van der Waals surface area contributed by atoms with E-state index in [1.54, 1.807) is 0 Å². The smallest absolute Gasteiger partial charge is 0.0795 e. The van der Waals surface area contributed by atoms with Gasteiger partial charge in [-0.2, -0.15) is 0 Å². The van der Waals surface area contributed by atoms with E-state index >= 15 is 0 Å². The van der Waals surface area contributed by atoms with Crippen molar-refractivity contribution in [2.45, 2.75) is 0 Å². The molecule has 0 N–H and O–H groups in total. The molecule has 0 unspecified atom stereocenters. The molecule has 13 aromatic rings. The Morgan fingerprint density at radius 2 is 0.691 bits per heavy atom. The normalized spacial score (nSPS) is 11.8. The van der Waals surface area contributed by atoms with Crippen molar-refractivity contribution in [3.05, 3.63) is 237 Å². The van der Waals surface area contributed by atoms with Crippen LogP contribution in [0.1, 0.15) is 0 Å². The van der Waals surface area contributed by atoms with Crippen LogP contribution in [0.4, 0.5) is 0 Å². The lowest BCUT2D eigenvalue weighted by atomic mass is 9.82. The second-order valence-electron chi connectivity index (χ2n) is 17.7. The Balaban J connectivity index is 1.11. The molecule has 0 saturated heterocycles. The number of rotatable bonds is 6. The highest BCUT2D eigenvalue weighted by Gasteiger charge is 2.31. The number of hydrogen-bond donors (Lipinski definition) is 0. The summed E-state index contributed by atoms with van der Waals surface area (Å²) in [5, 5.41) is 9.20. The highest BCUT2D eigenvalue weighted by molar-refractivity contribution is 6.30. The van der Waals surface area contributed by atoms with Crippen molar-refractivity contribution in [3.8, 4) is 89.4 Å². The molecule has 3 heteroatoms. The first kappa shape index (κ1) is 38.2. The van der Waals surface area contributed by atoms with Crippen LogP contribution in [0.15, 0.2) is 237 Å². The fourth-order valence-electron chi connectivity index (χ4n) is 11.1. The molecule has 3 heterocycles. The van der Waals surface area contributed by atoms with Gasteiger partial charge in [0.2, 0.25) is 0 Å². The van der Waals surface area contributed by atoms with Gasteiger partial charge in [-0.3, -0.25) is 4.98 Å². The van der Waals surface area contributed by atoms with Crippen molar-refractivity contribution in [1.82, 2.24) is 15.0 Å². The summed E-state index contributed by atoms with van der Waals surface area (Å²) in [7, 11) is 0. The molecular formula is C65H39N3. The van der Waals surface area contributed by atoms with Gasteiger partial charge in [-0.25, -0.2) is 9.97 Å². The molecule has 0 aliphatic heterocycles. The van der Waals surface area contributed by atoms with Gasteiger partial charge in [0.25, 0.3) is 0 Å². The molecule has 1 aliphatic rings. The van der Waals surface area contributed by atoms with Gasteiger partial charge in [-0.15, -0.1) is 0 Å². The average molecular weight is 862 g/mol. The van der Waals surface area contributed by atoms with Gasteiger partial charge in [0.1, 0.15) is 0 Å². The molecule has 0 spiro atoms. The van der Waals surface area contributed by atoms with Crippen molar-refractivity contribution >= 4 is 54.1 Å². The predicted molar refractivity (Wildman–Crippen MR) is 284 cm³/mol. The van der Waals surface area contributed by atoms with Crippen LogP contribution in [0.5, 0.6) is 0 Å². The molecule has 10 aromatic carbocycles. The Labute approximate surface area is 393 Å². The van der Waals surface area contributed by atoms with Crippen LogP contribution >= 0.6 is 0 Å². The van der Waals surface area contributed by atoms with E-state index in [2.05, 4.69) is 224 Å². The summed E-state index contributed by atoms with van der Waals surface area (Å²) >= 11 is 0. The summed E-state index contributed by atoms with van der Waals surface area (Å²) in [6.45, 7) is 0. The highest BCUT2D eigenvalue weighted by atomic mass is 14.7.